The Morgan fingerprint density at radius 2 is 1.84 bits per heavy atom. The summed E-state index contributed by atoms with van der Waals surface area (Å²) >= 11 is 12.5. The average molecular weight is 477 g/mol. The maximum absolute atomic E-state index is 13.7. The van der Waals surface area contributed by atoms with E-state index in [0.717, 1.165) is 24.1 Å². The highest BCUT2D eigenvalue weighted by Crippen LogP contribution is 2.47. The normalized spacial score (nSPS) is 22.1. The first-order chi connectivity index (χ1) is 15.3. The number of carbonyl (C=O) groups excluding carboxylic acids is 1. The number of carboxylic acids is 1. The molecular weight excluding hydrogens is 447 g/mol. The first-order valence-corrected chi connectivity index (χ1v) is 11.9. The Bertz CT molecular complexity index is 935. The van der Waals surface area contributed by atoms with E-state index in [1.165, 1.54) is 0 Å². The van der Waals surface area contributed by atoms with Crippen molar-refractivity contribution >= 4 is 35.1 Å². The van der Waals surface area contributed by atoms with Gasteiger partial charge >= 0.3 is 5.97 Å². The Kier molecular flexibility index (Phi) is 8.57. The molecule has 7 heteroatoms. The second-order valence-electron chi connectivity index (χ2n) is 8.30. The molecule has 1 saturated heterocycles. The number of likely N-dealkylation sites (N-methyl/N-ethyl adjacent to an activating group) is 1. The van der Waals surface area contributed by atoms with E-state index in [4.69, 9.17) is 23.2 Å². The largest absolute Gasteiger partial charge is 0.481 e. The molecule has 2 N–H and O–H groups in total. The van der Waals surface area contributed by atoms with Crippen molar-refractivity contribution in [3.05, 3.63) is 69.7 Å². The summed E-state index contributed by atoms with van der Waals surface area (Å²) < 4.78 is 0. The molecule has 0 bridgehead atoms. The number of hydrogen-bond donors (Lipinski definition) is 2. The molecule has 4 atom stereocenters. The maximum atomic E-state index is 13.7. The zero-order valence-electron chi connectivity index (χ0n) is 18.4. The van der Waals surface area contributed by atoms with Gasteiger partial charge < -0.3 is 15.3 Å². The van der Waals surface area contributed by atoms with Crippen molar-refractivity contribution in [2.24, 2.45) is 5.92 Å². The van der Waals surface area contributed by atoms with Crippen molar-refractivity contribution in [1.82, 2.24) is 10.2 Å². The van der Waals surface area contributed by atoms with Crippen molar-refractivity contribution in [2.45, 2.75) is 51.1 Å². The van der Waals surface area contributed by atoms with Crippen LogP contribution in [0.4, 0.5) is 0 Å². The van der Waals surface area contributed by atoms with Gasteiger partial charge in [0.2, 0.25) is 5.91 Å². The summed E-state index contributed by atoms with van der Waals surface area (Å²) in [5.74, 6) is -1.74. The molecule has 0 aliphatic carbocycles. The number of carboxylic acid groups (broad SMARTS) is 1. The molecule has 1 aliphatic heterocycles. The van der Waals surface area contributed by atoms with Crippen molar-refractivity contribution in [3.8, 4) is 0 Å². The third-order valence-corrected chi connectivity index (χ3v) is 6.71. The second-order valence-corrected chi connectivity index (χ2v) is 9.18. The molecule has 1 heterocycles. The van der Waals surface area contributed by atoms with Crippen LogP contribution in [0.5, 0.6) is 0 Å². The van der Waals surface area contributed by atoms with Gasteiger partial charge in [-0.15, -0.1) is 0 Å². The lowest BCUT2D eigenvalue weighted by molar-refractivity contribution is -0.152. The van der Waals surface area contributed by atoms with E-state index in [1.54, 1.807) is 0 Å². The molecule has 3 rings (SSSR count). The monoisotopic (exact) mass is 476 g/mol. The zero-order chi connectivity index (χ0) is 23.3. The first-order valence-electron chi connectivity index (χ1n) is 11.1. The van der Waals surface area contributed by atoms with Crippen LogP contribution in [-0.2, 0) is 9.59 Å². The highest BCUT2D eigenvalue weighted by Gasteiger charge is 2.45. The van der Waals surface area contributed by atoms with Gasteiger partial charge in [0.25, 0.3) is 0 Å². The van der Waals surface area contributed by atoms with Crippen LogP contribution in [0.15, 0.2) is 48.5 Å². The molecule has 0 saturated carbocycles. The van der Waals surface area contributed by atoms with Crippen LogP contribution < -0.4 is 5.32 Å². The van der Waals surface area contributed by atoms with Crippen molar-refractivity contribution in [3.63, 3.8) is 0 Å². The first kappa shape index (κ1) is 24.6. The summed E-state index contributed by atoms with van der Waals surface area (Å²) in [6.45, 7) is 5.53. The molecule has 0 spiro atoms. The van der Waals surface area contributed by atoms with Gasteiger partial charge in [0.1, 0.15) is 0 Å². The number of hydrogen-bond acceptors (Lipinski definition) is 3. The Labute approximate surface area is 199 Å². The fraction of sp³-hybridized carbons (Fsp3) is 0.440. The molecule has 1 fully saturated rings. The summed E-state index contributed by atoms with van der Waals surface area (Å²) in [6, 6.07) is 14.9. The van der Waals surface area contributed by atoms with E-state index in [2.05, 4.69) is 12.2 Å². The van der Waals surface area contributed by atoms with Gasteiger partial charge in [-0.2, -0.15) is 0 Å². The number of piperidine rings is 1. The van der Waals surface area contributed by atoms with Crippen LogP contribution in [0.3, 0.4) is 0 Å². The molecule has 1 amide bonds. The number of benzene rings is 2. The van der Waals surface area contributed by atoms with Gasteiger partial charge in [-0.25, -0.2) is 0 Å². The number of nitrogens with zero attached hydrogens (tertiary/aromatic N) is 1. The summed E-state index contributed by atoms with van der Waals surface area (Å²) in [5.41, 5.74) is 1.99. The average Bonchev–Trinajstić information content (AvgIpc) is 2.76. The van der Waals surface area contributed by atoms with Gasteiger partial charge in [-0.1, -0.05) is 61.3 Å². The topological polar surface area (TPSA) is 69.6 Å². The predicted octanol–water partition coefficient (Wildman–Crippen LogP) is 5.53. The summed E-state index contributed by atoms with van der Waals surface area (Å²) in [5, 5.41) is 14.1. The van der Waals surface area contributed by atoms with Crippen molar-refractivity contribution in [1.29, 1.82) is 0 Å². The van der Waals surface area contributed by atoms with Gasteiger partial charge in [0, 0.05) is 34.5 Å². The van der Waals surface area contributed by atoms with Crippen LogP contribution in [0.2, 0.25) is 10.0 Å². The Morgan fingerprint density at radius 3 is 2.44 bits per heavy atom. The molecule has 172 valence electrons. The van der Waals surface area contributed by atoms with E-state index < -0.39 is 11.9 Å². The summed E-state index contributed by atoms with van der Waals surface area (Å²) in [6.07, 6.45) is 1.02. The quantitative estimate of drug-likeness (QED) is 0.498. The number of carbonyl (C=O) groups is 2. The van der Waals surface area contributed by atoms with E-state index in [0.29, 0.717) is 23.0 Å². The standard InChI is InChI=1S/C25H30Cl2N2O3/c1-3-21(15-28-4-2)29-24(16-8-10-19(26)11-9-16)22(17-6-5-7-20(27)12-17)13-18(25(29)32)14-23(30)31/h5-12,18,21-22,24,28H,3-4,13-15H2,1-2H3,(H,30,31)/t18-,21+,22-,24-/m1/s1. The fourth-order valence-corrected chi connectivity index (χ4v) is 5.05. The second kappa shape index (κ2) is 11.2. The van der Waals surface area contributed by atoms with Crippen LogP contribution in [0, 0.1) is 5.92 Å². The third kappa shape index (κ3) is 5.64. The van der Waals surface area contributed by atoms with Gasteiger partial charge in [0.05, 0.1) is 12.5 Å². The smallest absolute Gasteiger partial charge is 0.304 e. The van der Waals surface area contributed by atoms with Crippen LogP contribution in [-0.4, -0.2) is 41.0 Å². The van der Waals surface area contributed by atoms with Gasteiger partial charge in [-0.3, -0.25) is 9.59 Å². The molecule has 0 unspecified atom stereocenters. The van der Waals surface area contributed by atoms with Crippen LogP contribution >= 0.6 is 23.2 Å². The summed E-state index contributed by atoms with van der Waals surface area (Å²) in [4.78, 5) is 27.2. The van der Waals surface area contributed by atoms with Crippen molar-refractivity contribution in [2.75, 3.05) is 13.1 Å². The van der Waals surface area contributed by atoms with Crippen molar-refractivity contribution < 1.29 is 14.7 Å². The number of amides is 1. The highest BCUT2D eigenvalue weighted by molar-refractivity contribution is 6.30. The minimum Gasteiger partial charge on any atom is -0.481 e. The predicted molar refractivity (Wildman–Crippen MR) is 128 cm³/mol. The van der Waals surface area contributed by atoms with Gasteiger partial charge in [-0.05, 0) is 54.8 Å². The number of nitrogens with one attached hydrogen (secondary N) is 1. The van der Waals surface area contributed by atoms with E-state index in [9.17, 15) is 14.7 Å². The fourth-order valence-electron chi connectivity index (χ4n) is 4.73. The number of rotatable bonds is 9. The highest BCUT2D eigenvalue weighted by atomic mass is 35.5. The van der Waals surface area contributed by atoms with Crippen LogP contribution in [0.1, 0.15) is 56.2 Å². The minimum absolute atomic E-state index is 0.0681. The molecule has 2 aromatic rings. The number of halogens is 2. The maximum Gasteiger partial charge on any atom is 0.304 e. The zero-order valence-corrected chi connectivity index (χ0v) is 19.9. The summed E-state index contributed by atoms with van der Waals surface area (Å²) in [7, 11) is 0. The Hall–Kier alpha value is -2.08. The molecule has 0 radical (unpaired) electrons. The van der Waals surface area contributed by atoms with Crippen LogP contribution in [0.25, 0.3) is 0 Å². The Morgan fingerprint density at radius 1 is 1.12 bits per heavy atom. The SMILES string of the molecule is CCNC[C@H](CC)N1C(=O)[C@@H](CC(=O)O)C[C@H](c2cccc(Cl)c2)[C@H]1c1ccc(Cl)cc1. The molecule has 5 nitrogen and oxygen atoms in total. The lowest BCUT2D eigenvalue weighted by Crippen LogP contribution is -2.54. The molecule has 2 aromatic carbocycles. The molecular formula is C25H30Cl2N2O3. The third-order valence-electron chi connectivity index (χ3n) is 6.23. The van der Waals surface area contributed by atoms with E-state index >= 15 is 0 Å². The molecule has 0 aromatic heterocycles. The Balaban J connectivity index is 2.15. The minimum atomic E-state index is -0.960. The molecule has 32 heavy (non-hydrogen) atoms. The molecule has 1 aliphatic rings. The number of aliphatic carboxylic acids is 1. The lowest BCUT2D eigenvalue weighted by Gasteiger charge is -2.48. The van der Waals surface area contributed by atoms with Gasteiger partial charge in [0.15, 0.2) is 0 Å². The van der Waals surface area contributed by atoms with E-state index in [1.807, 2.05) is 60.4 Å². The number of likely N-dealkylation sites (tertiary alicyclic amines) is 1. The van der Waals surface area contributed by atoms with E-state index in [-0.39, 0.29) is 30.3 Å². The lowest BCUT2D eigenvalue weighted by atomic mass is 9.74.